The number of nitrogens with one attached hydrogen (secondary N) is 1. The second kappa shape index (κ2) is 9.17. The van der Waals surface area contributed by atoms with Crippen LogP contribution in [0.2, 0.25) is 0 Å². The molecule has 2 heterocycles. The van der Waals surface area contributed by atoms with Crippen LogP contribution in [0.3, 0.4) is 0 Å². The number of carbonyl (C=O) groups is 4. The smallest absolute Gasteiger partial charge is 0.339 e. The quantitative estimate of drug-likeness (QED) is 0.510. The SMILES string of the molecule is COCCCN1C(C(=O)Nc2ccccc2C(=O)OC)=CC2C(=O)N(C)C(=O)N(C)C21. The first-order valence-corrected chi connectivity index (χ1v) is 9.82. The van der Waals surface area contributed by atoms with E-state index >= 15 is 0 Å². The van der Waals surface area contributed by atoms with Crippen LogP contribution < -0.4 is 5.32 Å². The molecule has 0 spiro atoms. The topological polar surface area (TPSA) is 108 Å². The van der Waals surface area contributed by atoms with Crippen molar-refractivity contribution in [3.05, 3.63) is 41.6 Å². The van der Waals surface area contributed by atoms with Crippen molar-refractivity contribution in [2.45, 2.75) is 12.6 Å². The van der Waals surface area contributed by atoms with Gasteiger partial charge in [0.25, 0.3) is 5.91 Å². The number of anilines is 1. The van der Waals surface area contributed by atoms with Gasteiger partial charge < -0.3 is 24.6 Å². The van der Waals surface area contributed by atoms with Crippen LogP contribution in [0.5, 0.6) is 0 Å². The lowest BCUT2D eigenvalue weighted by Crippen LogP contribution is -2.62. The molecule has 10 nitrogen and oxygen atoms in total. The molecule has 1 aromatic rings. The van der Waals surface area contributed by atoms with Crippen molar-refractivity contribution in [3.8, 4) is 0 Å². The van der Waals surface area contributed by atoms with Crippen LogP contribution in [0.25, 0.3) is 0 Å². The van der Waals surface area contributed by atoms with E-state index in [4.69, 9.17) is 9.47 Å². The zero-order valence-corrected chi connectivity index (χ0v) is 18.0. The predicted molar refractivity (Wildman–Crippen MR) is 111 cm³/mol. The minimum absolute atomic E-state index is 0.211. The van der Waals surface area contributed by atoms with Gasteiger partial charge in [-0.05, 0) is 24.6 Å². The average molecular weight is 430 g/mol. The zero-order valence-electron chi connectivity index (χ0n) is 18.0. The molecule has 31 heavy (non-hydrogen) atoms. The fourth-order valence-corrected chi connectivity index (χ4v) is 3.91. The van der Waals surface area contributed by atoms with E-state index in [9.17, 15) is 19.2 Å². The lowest BCUT2D eigenvalue weighted by atomic mass is 10.0. The molecule has 2 atom stereocenters. The Hall–Kier alpha value is -3.40. The van der Waals surface area contributed by atoms with Gasteiger partial charge in [-0.15, -0.1) is 0 Å². The van der Waals surface area contributed by atoms with E-state index in [1.807, 2.05) is 0 Å². The average Bonchev–Trinajstić information content (AvgIpc) is 3.16. The summed E-state index contributed by atoms with van der Waals surface area (Å²) >= 11 is 0. The Morgan fingerprint density at radius 2 is 1.84 bits per heavy atom. The lowest BCUT2D eigenvalue weighted by molar-refractivity contribution is -0.137. The van der Waals surface area contributed by atoms with Crippen molar-refractivity contribution in [2.75, 3.05) is 46.8 Å². The van der Waals surface area contributed by atoms with Crippen molar-refractivity contribution in [3.63, 3.8) is 0 Å². The molecular weight excluding hydrogens is 404 g/mol. The molecule has 4 amide bonds. The molecule has 0 aromatic heterocycles. The van der Waals surface area contributed by atoms with E-state index in [2.05, 4.69) is 5.32 Å². The van der Waals surface area contributed by atoms with E-state index in [0.29, 0.717) is 25.3 Å². The number of ether oxygens (including phenoxy) is 2. The molecule has 2 aliphatic heterocycles. The molecular formula is C21H26N4O6. The molecule has 1 fully saturated rings. The van der Waals surface area contributed by atoms with Gasteiger partial charge in [0.2, 0.25) is 5.91 Å². The van der Waals surface area contributed by atoms with Gasteiger partial charge in [-0.1, -0.05) is 12.1 Å². The van der Waals surface area contributed by atoms with Crippen molar-refractivity contribution < 1.29 is 28.7 Å². The van der Waals surface area contributed by atoms with Gasteiger partial charge >= 0.3 is 12.0 Å². The van der Waals surface area contributed by atoms with Gasteiger partial charge in [0.1, 0.15) is 11.9 Å². The molecule has 0 aliphatic carbocycles. The number of esters is 1. The number of methoxy groups -OCH3 is 2. The lowest BCUT2D eigenvalue weighted by Gasteiger charge is -2.43. The number of benzene rings is 1. The third-order valence-electron chi connectivity index (χ3n) is 5.45. The van der Waals surface area contributed by atoms with E-state index < -0.39 is 30.0 Å². The Bertz CT molecular complexity index is 930. The van der Waals surface area contributed by atoms with Crippen molar-refractivity contribution in [1.29, 1.82) is 0 Å². The summed E-state index contributed by atoms with van der Waals surface area (Å²) in [6.45, 7) is 0.862. The monoisotopic (exact) mass is 430 g/mol. The molecule has 2 unspecified atom stereocenters. The molecule has 10 heteroatoms. The van der Waals surface area contributed by atoms with Crippen LogP contribution in [0.1, 0.15) is 16.8 Å². The number of fused-ring (bicyclic) bond motifs is 1. The van der Waals surface area contributed by atoms with Gasteiger partial charge in [0.15, 0.2) is 0 Å². The number of nitrogens with zero attached hydrogens (tertiary/aromatic N) is 3. The number of urea groups is 1. The van der Waals surface area contributed by atoms with Crippen molar-refractivity contribution in [2.24, 2.45) is 5.92 Å². The number of imide groups is 1. The summed E-state index contributed by atoms with van der Waals surface area (Å²) in [4.78, 5) is 54.7. The highest BCUT2D eigenvalue weighted by Gasteiger charge is 2.50. The van der Waals surface area contributed by atoms with Crippen LogP contribution in [0.15, 0.2) is 36.0 Å². The summed E-state index contributed by atoms with van der Waals surface area (Å²) < 4.78 is 9.89. The molecule has 3 rings (SSSR count). The molecule has 0 radical (unpaired) electrons. The standard InChI is InChI=1S/C21H26N4O6/c1-23-18-14(19(27)24(2)21(23)29)12-16(25(18)10-7-11-30-3)17(26)22-15-9-6-5-8-13(15)20(28)31-4/h5-6,8-9,12,14,18H,7,10-11H2,1-4H3,(H,22,26). The van der Waals surface area contributed by atoms with Gasteiger partial charge in [-0.2, -0.15) is 0 Å². The Kier molecular flexibility index (Phi) is 6.59. The number of para-hydroxylation sites is 1. The molecule has 1 saturated heterocycles. The maximum atomic E-state index is 13.2. The summed E-state index contributed by atoms with van der Waals surface area (Å²) in [5.41, 5.74) is 0.761. The van der Waals surface area contributed by atoms with Gasteiger partial charge in [0, 0.05) is 34.4 Å². The number of rotatable bonds is 7. The highest BCUT2D eigenvalue weighted by atomic mass is 16.5. The normalized spacial score (nSPS) is 20.5. The first-order valence-electron chi connectivity index (χ1n) is 9.82. The van der Waals surface area contributed by atoms with Crippen molar-refractivity contribution in [1.82, 2.24) is 14.7 Å². The minimum atomic E-state index is -0.674. The number of carbonyl (C=O) groups excluding carboxylic acids is 4. The van der Waals surface area contributed by atoms with E-state index in [-0.39, 0.29) is 17.2 Å². The highest BCUT2D eigenvalue weighted by molar-refractivity contribution is 6.09. The Labute approximate surface area is 180 Å². The number of hydrogen-bond donors (Lipinski definition) is 1. The second-order valence-electron chi connectivity index (χ2n) is 7.31. The number of amides is 4. The van der Waals surface area contributed by atoms with Crippen LogP contribution in [0.4, 0.5) is 10.5 Å². The van der Waals surface area contributed by atoms with Crippen LogP contribution >= 0.6 is 0 Å². The molecule has 1 N–H and O–H groups in total. The molecule has 0 saturated carbocycles. The van der Waals surface area contributed by atoms with Gasteiger partial charge in [0.05, 0.1) is 24.3 Å². The highest BCUT2D eigenvalue weighted by Crippen LogP contribution is 2.35. The summed E-state index contributed by atoms with van der Waals surface area (Å²) in [5.74, 6) is -2.11. The van der Waals surface area contributed by atoms with Crippen LogP contribution in [-0.4, -0.2) is 86.1 Å². The second-order valence-corrected chi connectivity index (χ2v) is 7.31. The van der Waals surface area contributed by atoms with Crippen molar-refractivity contribution >= 4 is 29.5 Å². The Morgan fingerprint density at radius 1 is 1.13 bits per heavy atom. The Morgan fingerprint density at radius 3 is 2.52 bits per heavy atom. The molecule has 2 aliphatic rings. The van der Waals surface area contributed by atoms with E-state index in [1.54, 1.807) is 49.4 Å². The summed E-state index contributed by atoms with van der Waals surface area (Å²) in [6, 6.07) is 6.06. The molecule has 1 aromatic carbocycles. The van der Waals surface area contributed by atoms with Crippen LogP contribution in [0, 0.1) is 5.92 Å². The predicted octanol–water partition coefficient (Wildman–Crippen LogP) is 1.11. The summed E-state index contributed by atoms with van der Waals surface area (Å²) in [5, 5.41) is 2.74. The van der Waals surface area contributed by atoms with E-state index in [0.717, 1.165) is 4.90 Å². The van der Waals surface area contributed by atoms with Gasteiger partial charge in [-0.3, -0.25) is 14.5 Å². The van der Waals surface area contributed by atoms with E-state index in [1.165, 1.54) is 19.1 Å². The summed E-state index contributed by atoms with van der Waals surface area (Å²) in [7, 11) is 5.87. The summed E-state index contributed by atoms with van der Waals surface area (Å²) in [6.07, 6.45) is 1.56. The van der Waals surface area contributed by atoms with Crippen LogP contribution in [-0.2, 0) is 19.1 Å². The Balaban J connectivity index is 1.92. The third-order valence-corrected chi connectivity index (χ3v) is 5.45. The number of hydrogen-bond acceptors (Lipinski definition) is 7. The maximum absolute atomic E-state index is 13.2. The third kappa shape index (κ3) is 4.11. The maximum Gasteiger partial charge on any atom is 0.339 e. The molecule has 166 valence electrons. The largest absolute Gasteiger partial charge is 0.465 e. The molecule has 0 bridgehead atoms. The first kappa shape index (κ1) is 22.3. The zero-order chi connectivity index (χ0) is 22.7. The minimum Gasteiger partial charge on any atom is -0.465 e. The van der Waals surface area contributed by atoms with Gasteiger partial charge in [-0.25, -0.2) is 9.59 Å². The first-order chi connectivity index (χ1) is 14.8. The fraction of sp³-hybridized carbons (Fsp3) is 0.429. The fourth-order valence-electron chi connectivity index (χ4n) is 3.91.